The van der Waals surface area contributed by atoms with E-state index in [2.05, 4.69) is 36.7 Å². The highest BCUT2D eigenvalue weighted by atomic mass is 32.1. The van der Waals surface area contributed by atoms with Gasteiger partial charge in [-0.15, -0.1) is 11.3 Å². The summed E-state index contributed by atoms with van der Waals surface area (Å²) in [6.45, 7) is 4.59. The summed E-state index contributed by atoms with van der Waals surface area (Å²) < 4.78 is 0. The lowest BCUT2D eigenvalue weighted by Crippen LogP contribution is -2.31. The van der Waals surface area contributed by atoms with Crippen molar-refractivity contribution in [2.75, 3.05) is 6.61 Å². The van der Waals surface area contributed by atoms with Crippen LogP contribution < -0.4 is 5.32 Å². The number of nitrogens with one attached hydrogen (secondary N) is 1. The molecule has 0 saturated carbocycles. The fraction of sp³-hybridized carbons (Fsp3) is 0.636. The maximum absolute atomic E-state index is 8.87. The molecule has 3 heteroatoms. The summed E-state index contributed by atoms with van der Waals surface area (Å²) in [5.41, 5.74) is 0. The van der Waals surface area contributed by atoms with E-state index in [9.17, 15) is 0 Å². The minimum absolute atomic E-state index is 0.267. The van der Waals surface area contributed by atoms with Crippen molar-refractivity contribution in [3.63, 3.8) is 0 Å². The molecule has 0 aliphatic heterocycles. The largest absolute Gasteiger partial charge is 0.396 e. The van der Waals surface area contributed by atoms with Crippen LogP contribution in [-0.2, 0) is 0 Å². The minimum Gasteiger partial charge on any atom is -0.396 e. The van der Waals surface area contributed by atoms with E-state index in [0.717, 1.165) is 12.8 Å². The van der Waals surface area contributed by atoms with Crippen molar-refractivity contribution in [2.24, 2.45) is 0 Å². The minimum atomic E-state index is 0.267. The van der Waals surface area contributed by atoms with E-state index in [0.29, 0.717) is 12.1 Å². The SMILES string of the molecule is CCC(CCO)NC(C)c1cccs1. The van der Waals surface area contributed by atoms with Gasteiger partial charge in [0.2, 0.25) is 0 Å². The van der Waals surface area contributed by atoms with E-state index < -0.39 is 0 Å². The van der Waals surface area contributed by atoms with Crippen LogP contribution in [0.1, 0.15) is 37.6 Å². The predicted octanol–water partition coefficient (Wildman–Crippen LogP) is 2.56. The second kappa shape index (κ2) is 6.17. The molecule has 0 bridgehead atoms. The molecule has 0 aliphatic rings. The number of rotatable bonds is 6. The van der Waals surface area contributed by atoms with Gasteiger partial charge >= 0.3 is 0 Å². The zero-order valence-corrected chi connectivity index (χ0v) is 9.68. The van der Waals surface area contributed by atoms with Gasteiger partial charge in [-0.05, 0) is 31.2 Å². The molecule has 0 saturated heterocycles. The van der Waals surface area contributed by atoms with Gasteiger partial charge in [-0.3, -0.25) is 0 Å². The zero-order chi connectivity index (χ0) is 10.4. The summed E-state index contributed by atoms with van der Waals surface area (Å²) in [6, 6.07) is 5.04. The maximum atomic E-state index is 8.87. The van der Waals surface area contributed by atoms with E-state index in [4.69, 9.17) is 5.11 Å². The zero-order valence-electron chi connectivity index (χ0n) is 8.86. The molecule has 0 fully saturated rings. The van der Waals surface area contributed by atoms with Crippen molar-refractivity contribution in [3.05, 3.63) is 22.4 Å². The molecule has 0 aliphatic carbocycles. The standard InChI is InChI=1S/C11H19NOS/c1-3-10(6-7-13)12-9(2)11-5-4-8-14-11/h4-5,8-10,12-13H,3,6-7H2,1-2H3. The highest BCUT2D eigenvalue weighted by Gasteiger charge is 2.11. The fourth-order valence-corrected chi connectivity index (χ4v) is 2.28. The summed E-state index contributed by atoms with van der Waals surface area (Å²) in [4.78, 5) is 1.36. The Kier molecular flexibility index (Phi) is 5.15. The highest BCUT2D eigenvalue weighted by Crippen LogP contribution is 2.19. The lowest BCUT2D eigenvalue weighted by atomic mass is 10.1. The normalized spacial score (nSPS) is 15.4. The Bertz CT molecular complexity index is 235. The van der Waals surface area contributed by atoms with Gasteiger partial charge in [-0.1, -0.05) is 13.0 Å². The van der Waals surface area contributed by atoms with Crippen molar-refractivity contribution in [2.45, 2.75) is 38.8 Å². The summed E-state index contributed by atoms with van der Waals surface area (Å²) >= 11 is 1.78. The number of thiophene rings is 1. The second-order valence-electron chi connectivity index (χ2n) is 3.52. The molecule has 1 aromatic heterocycles. The Labute approximate surface area is 90.0 Å². The number of aliphatic hydroxyl groups excluding tert-OH is 1. The summed E-state index contributed by atoms with van der Waals surface area (Å²) in [5, 5.41) is 14.5. The van der Waals surface area contributed by atoms with Crippen LogP contribution in [0.4, 0.5) is 0 Å². The van der Waals surface area contributed by atoms with Gasteiger partial charge in [-0.25, -0.2) is 0 Å². The molecule has 2 N–H and O–H groups in total. The van der Waals surface area contributed by atoms with Crippen molar-refractivity contribution < 1.29 is 5.11 Å². The summed E-state index contributed by atoms with van der Waals surface area (Å²) in [7, 11) is 0. The molecule has 1 aromatic rings. The molecule has 14 heavy (non-hydrogen) atoms. The molecule has 0 aromatic carbocycles. The Hall–Kier alpha value is -0.380. The number of hydrogen-bond acceptors (Lipinski definition) is 3. The van der Waals surface area contributed by atoms with Crippen LogP contribution in [0.3, 0.4) is 0 Å². The van der Waals surface area contributed by atoms with Crippen LogP contribution in [0, 0.1) is 0 Å². The topological polar surface area (TPSA) is 32.3 Å². The average molecular weight is 213 g/mol. The lowest BCUT2D eigenvalue weighted by molar-refractivity contribution is 0.257. The molecule has 0 amide bonds. The first kappa shape index (κ1) is 11.7. The average Bonchev–Trinajstić information content (AvgIpc) is 2.69. The molecular weight excluding hydrogens is 194 g/mol. The molecule has 2 nitrogen and oxygen atoms in total. The third kappa shape index (κ3) is 3.40. The van der Waals surface area contributed by atoms with Crippen LogP contribution in [0.15, 0.2) is 17.5 Å². The molecule has 80 valence electrons. The summed E-state index contributed by atoms with van der Waals surface area (Å²) in [6.07, 6.45) is 1.91. The van der Waals surface area contributed by atoms with Gasteiger partial charge in [0, 0.05) is 23.6 Å². The van der Waals surface area contributed by atoms with Crippen molar-refractivity contribution in [1.82, 2.24) is 5.32 Å². The van der Waals surface area contributed by atoms with Gasteiger partial charge < -0.3 is 10.4 Å². The van der Waals surface area contributed by atoms with E-state index in [1.54, 1.807) is 11.3 Å². The predicted molar refractivity (Wildman–Crippen MR) is 61.7 cm³/mol. The first-order valence-electron chi connectivity index (χ1n) is 5.18. The van der Waals surface area contributed by atoms with Gasteiger partial charge in [0.15, 0.2) is 0 Å². The van der Waals surface area contributed by atoms with Crippen LogP contribution in [-0.4, -0.2) is 17.8 Å². The first-order valence-corrected chi connectivity index (χ1v) is 6.06. The van der Waals surface area contributed by atoms with E-state index >= 15 is 0 Å². The van der Waals surface area contributed by atoms with Crippen LogP contribution in [0.5, 0.6) is 0 Å². The van der Waals surface area contributed by atoms with Gasteiger partial charge in [-0.2, -0.15) is 0 Å². The quantitative estimate of drug-likeness (QED) is 0.761. The van der Waals surface area contributed by atoms with Crippen LogP contribution in [0.25, 0.3) is 0 Å². The molecule has 0 radical (unpaired) electrons. The molecule has 2 atom stereocenters. The Morgan fingerprint density at radius 1 is 1.57 bits per heavy atom. The second-order valence-corrected chi connectivity index (χ2v) is 4.50. The lowest BCUT2D eigenvalue weighted by Gasteiger charge is -2.20. The van der Waals surface area contributed by atoms with E-state index in [1.165, 1.54) is 4.88 Å². The van der Waals surface area contributed by atoms with E-state index in [1.807, 2.05) is 0 Å². The summed E-state index contributed by atoms with van der Waals surface area (Å²) in [5.74, 6) is 0. The first-order chi connectivity index (χ1) is 6.77. The molecule has 0 spiro atoms. The van der Waals surface area contributed by atoms with Crippen LogP contribution in [0.2, 0.25) is 0 Å². The van der Waals surface area contributed by atoms with Crippen LogP contribution >= 0.6 is 11.3 Å². The van der Waals surface area contributed by atoms with Crippen molar-refractivity contribution >= 4 is 11.3 Å². The monoisotopic (exact) mass is 213 g/mol. The number of aliphatic hydroxyl groups is 1. The molecule has 1 rings (SSSR count). The maximum Gasteiger partial charge on any atom is 0.0445 e. The van der Waals surface area contributed by atoms with E-state index in [-0.39, 0.29) is 6.61 Å². The van der Waals surface area contributed by atoms with Crippen molar-refractivity contribution in [1.29, 1.82) is 0 Å². The Morgan fingerprint density at radius 3 is 2.86 bits per heavy atom. The third-order valence-electron chi connectivity index (χ3n) is 2.43. The Morgan fingerprint density at radius 2 is 2.36 bits per heavy atom. The fourth-order valence-electron chi connectivity index (χ4n) is 1.53. The smallest absolute Gasteiger partial charge is 0.0445 e. The molecule has 1 heterocycles. The number of hydrogen-bond donors (Lipinski definition) is 2. The highest BCUT2D eigenvalue weighted by molar-refractivity contribution is 7.10. The molecule has 2 unspecified atom stereocenters. The molecular formula is C11H19NOS. The Balaban J connectivity index is 2.42. The van der Waals surface area contributed by atoms with Gasteiger partial charge in [0.05, 0.1) is 0 Å². The van der Waals surface area contributed by atoms with Crippen molar-refractivity contribution in [3.8, 4) is 0 Å². The van der Waals surface area contributed by atoms with Gasteiger partial charge in [0.1, 0.15) is 0 Å². The van der Waals surface area contributed by atoms with Gasteiger partial charge in [0.25, 0.3) is 0 Å². The third-order valence-corrected chi connectivity index (χ3v) is 3.48.